The average Bonchev–Trinajstić information content (AvgIpc) is 3.24. The number of thiazole rings is 1. The third-order valence-electron chi connectivity index (χ3n) is 4.16. The first-order chi connectivity index (χ1) is 11.2. The van der Waals surface area contributed by atoms with E-state index in [0.717, 1.165) is 24.4 Å². The predicted octanol–water partition coefficient (Wildman–Crippen LogP) is 2.16. The quantitative estimate of drug-likeness (QED) is 0.848. The van der Waals surface area contributed by atoms with Gasteiger partial charge in [-0.2, -0.15) is 0 Å². The molecular weight excluding hydrogens is 312 g/mol. The van der Waals surface area contributed by atoms with Gasteiger partial charge in [-0.05, 0) is 31.5 Å². The van der Waals surface area contributed by atoms with Crippen LogP contribution < -0.4 is 10.6 Å². The van der Waals surface area contributed by atoms with E-state index in [0.29, 0.717) is 24.7 Å². The Hall–Kier alpha value is -1.83. The zero-order chi connectivity index (χ0) is 16.1. The van der Waals surface area contributed by atoms with Crippen LogP contribution in [-0.2, 0) is 9.53 Å². The highest BCUT2D eigenvalue weighted by atomic mass is 32.1. The normalized spacial score (nSPS) is 20.6. The Balaban J connectivity index is 1.71. The molecular formula is C16H20N4O2S. The highest BCUT2D eigenvalue weighted by Gasteiger charge is 2.41. The van der Waals surface area contributed by atoms with Gasteiger partial charge in [0.2, 0.25) is 5.91 Å². The lowest BCUT2D eigenvalue weighted by atomic mass is 9.83. The molecule has 1 unspecified atom stereocenters. The van der Waals surface area contributed by atoms with Crippen molar-refractivity contribution in [3.63, 3.8) is 0 Å². The van der Waals surface area contributed by atoms with E-state index in [1.54, 1.807) is 13.3 Å². The Labute approximate surface area is 139 Å². The number of methoxy groups -OCH3 is 1. The molecule has 0 saturated carbocycles. The number of anilines is 1. The first-order valence-corrected chi connectivity index (χ1v) is 8.49. The number of nitrogens with one attached hydrogen (secondary N) is 2. The largest absolute Gasteiger partial charge is 0.385 e. The number of amides is 1. The predicted molar refractivity (Wildman–Crippen MR) is 90.4 cm³/mol. The van der Waals surface area contributed by atoms with Crippen LogP contribution in [0.3, 0.4) is 0 Å². The lowest BCUT2D eigenvalue weighted by Crippen LogP contribution is -2.39. The first kappa shape index (κ1) is 16.0. The number of pyridine rings is 1. The van der Waals surface area contributed by atoms with E-state index in [9.17, 15) is 4.79 Å². The van der Waals surface area contributed by atoms with E-state index in [1.807, 2.05) is 23.6 Å². The smallest absolute Gasteiger partial charge is 0.233 e. The van der Waals surface area contributed by atoms with Gasteiger partial charge < -0.3 is 15.4 Å². The van der Waals surface area contributed by atoms with Gasteiger partial charge in [0, 0.05) is 31.8 Å². The summed E-state index contributed by atoms with van der Waals surface area (Å²) in [5, 5.41) is 8.77. The van der Waals surface area contributed by atoms with Crippen molar-refractivity contribution in [2.45, 2.75) is 12.8 Å². The molecule has 0 spiro atoms. The fraction of sp³-hybridized carbons (Fsp3) is 0.438. The number of rotatable bonds is 6. The van der Waals surface area contributed by atoms with Gasteiger partial charge in [0.15, 0.2) is 5.13 Å². The lowest BCUT2D eigenvalue weighted by molar-refractivity contribution is -0.125. The molecule has 1 fully saturated rings. The van der Waals surface area contributed by atoms with Gasteiger partial charge in [0.05, 0.1) is 11.1 Å². The molecule has 0 aliphatic carbocycles. The number of aromatic nitrogens is 2. The summed E-state index contributed by atoms with van der Waals surface area (Å²) in [6.45, 7) is 2.11. The number of hydrogen-bond donors (Lipinski definition) is 2. The molecule has 1 saturated heterocycles. The third kappa shape index (κ3) is 3.57. The van der Waals surface area contributed by atoms with Crippen molar-refractivity contribution >= 4 is 22.4 Å². The number of carbonyl (C=O) groups is 1. The van der Waals surface area contributed by atoms with Gasteiger partial charge in [-0.1, -0.05) is 6.07 Å². The Morgan fingerprint density at radius 1 is 1.48 bits per heavy atom. The van der Waals surface area contributed by atoms with Gasteiger partial charge >= 0.3 is 0 Å². The van der Waals surface area contributed by atoms with Crippen LogP contribution in [0.4, 0.5) is 5.13 Å². The molecule has 7 heteroatoms. The van der Waals surface area contributed by atoms with Gasteiger partial charge in [0.25, 0.3) is 0 Å². The lowest BCUT2D eigenvalue weighted by Gasteiger charge is -2.25. The zero-order valence-electron chi connectivity index (χ0n) is 13.0. The topological polar surface area (TPSA) is 76.1 Å². The minimum atomic E-state index is -0.410. The summed E-state index contributed by atoms with van der Waals surface area (Å²) in [5.74, 6) is 0.0153. The van der Waals surface area contributed by atoms with Crippen LogP contribution in [0.1, 0.15) is 12.8 Å². The molecule has 1 atom stereocenters. The molecule has 1 aliphatic rings. The summed E-state index contributed by atoms with van der Waals surface area (Å²) in [7, 11) is 1.66. The first-order valence-electron chi connectivity index (χ1n) is 7.62. The van der Waals surface area contributed by atoms with E-state index in [2.05, 4.69) is 20.6 Å². The molecule has 0 aromatic carbocycles. The van der Waals surface area contributed by atoms with Crippen LogP contribution >= 0.6 is 11.3 Å². The van der Waals surface area contributed by atoms with Crippen LogP contribution in [0, 0.1) is 5.41 Å². The van der Waals surface area contributed by atoms with Gasteiger partial charge in [-0.25, -0.2) is 4.98 Å². The van der Waals surface area contributed by atoms with Crippen molar-refractivity contribution in [2.75, 3.05) is 32.1 Å². The van der Waals surface area contributed by atoms with E-state index < -0.39 is 5.41 Å². The molecule has 6 nitrogen and oxygen atoms in total. The molecule has 2 aromatic rings. The molecule has 1 aliphatic heterocycles. The highest BCUT2D eigenvalue weighted by molar-refractivity contribution is 7.14. The second-order valence-corrected chi connectivity index (χ2v) is 6.52. The maximum atomic E-state index is 12.7. The molecule has 3 heterocycles. The summed E-state index contributed by atoms with van der Waals surface area (Å²) < 4.78 is 5.16. The summed E-state index contributed by atoms with van der Waals surface area (Å²) in [6, 6.07) is 5.69. The summed E-state index contributed by atoms with van der Waals surface area (Å²) >= 11 is 1.42. The second-order valence-electron chi connectivity index (χ2n) is 5.66. The summed E-state index contributed by atoms with van der Waals surface area (Å²) in [4.78, 5) is 21.5. The second kappa shape index (κ2) is 7.16. The minimum absolute atomic E-state index is 0.0153. The van der Waals surface area contributed by atoms with E-state index >= 15 is 0 Å². The molecule has 3 rings (SSSR count). The highest BCUT2D eigenvalue weighted by Crippen LogP contribution is 2.32. The SMILES string of the molecule is COCCC1(C(=O)Nc2nc(-c3ccccn3)cs2)CCNC1. The summed E-state index contributed by atoms with van der Waals surface area (Å²) in [6.07, 6.45) is 3.26. The van der Waals surface area contributed by atoms with Crippen LogP contribution in [0.5, 0.6) is 0 Å². The van der Waals surface area contributed by atoms with Crippen LogP contribution in [0.2, 0.25) is 0 Å². The van der Waals surface area contributed by atoms with Crippen molar-refractivity contribution in [1.29, 1.82) is 0 Å². The van der Waals surface area contributed by atoms with E-state index in [4.69, 9.17) is 4.74 Å². The van der Waals surface area contributed by atoms with Gasteiger partial charge in [-0.3, -0.25) is 9.78 Å². The van der Waals surface area contributed by atoms with Crippen LogP contribution in [0.25, 0.3) is 11.4 Å². The standard InChI is InChI=1S/C16H20N4O2S/c1-22-9-6-16(5-8-17-11-16)14(21)20-15-19-13(10-23-15)12-4-2-3-7-18-12/h2-4,7,10,17H,5-6,8-9,11H2,1H3,(H,19,20,21). The summed E-state index contributed by atoms with van der Waals surface area (Å²) in [5.41, 5.74) is 1.18. The molecule has 23 heavy (non-hydrogen) atoms. The van der Waals surface area contributed by atoms with Gasteiger partial charge in [0.1, 0.15) is 5.69 Å². The Bertz CT molecular complexity index is 653. The number of ether oxygens (including phenoxy) is 1. The Morgan fingerprint density at radius 3 is 3.09 bits per heavy atom. The maximum Gasteiger partial charge on any atom is 0.233 e. The van der Waals surface area contributed by atoms with Crippen molar-refractivity contribution in [3.05, 3.63) is 29.8 Å². The van der Waals surface area contributed by atoms with E-state index in [1.165, 1.54) is 11.3 Å². The van der Waals surface area contributed by atoms with E-state index in [-0.39, 0.29) is 5.91 Å². The monoisotopic (exact) mass is 332 g/mol. The minimum Gasteiger partial charge on any atom is -0.385 e. The maximum absolute atomic E-state index is 12.7. The third-order valence-corrected chi connectivity index (χ3v) is 4.92. The fourth-order valence-corrected chi connectivity index (χ4v) is 3.45. The molecule has 2 aromatic heterocycles. The van der Waals surface area contributed by atoms with Gasteiger partial charge in [-0.15, -0.1) is 11.3 Å². The number of nitrogens with zero attached hydrogens (tertiary/aromatic N) is 2. The van der Waals surface area contributed by atoms with Crippen molar-refractivity contribution < 1.29 is 9.53 Å². The molecule has 2 N–H and O–H groups in total. The molecule has 0 radical (unpaired) electrons. The number of hydrogen-bond acceptors (Lipinski definition) is 6. The molecule has 0 bridgehead atoms. The van der Waals surface area contributed by atoms with Crippen LogP contribution in [0.15, 0.2) is 29.8 Å². The number of carbonyl (C=O) groups excluding carboxylic acids is 1. The van der Waals surface area contributed by atoms with Crippen molar-refractivity contribution in [3.8, 4) is 11.4 Å². The van der Waals surface area contributed by atoms with Crippen molar-refractivity contribution in [2.24, 2.45) is 5.41 Å². The average molecular weight is 332 g/mol. The van der Waals surface area contributed by atoms with Crippen LogP contribution in [-0.4, -0.2) is 42.7 Å². The Kier molecular flexibility index (Phi) is 5.00. The van der Waals surface area contributed by atoms with Crippen molar-refractivity contribution in [1.82, 2.24) is 15.3 Å². The fourth-order valence-electron chi connectivity index (χ4n) is 2.75. The zero-order valence-corrected chi connectivity index (χ0v) is 13.9. The Morgan fingerprint density at radius 2 is 2.39 bits per heavy atom. The molecule has 122 valence electrons. The molecule has 1 amide bonds.